The lowest BCUT2D eigenvalue weighted by molar-refractivity contribution is -0.117. The van der Waals surface area contributed by atoms with E-state index in [1.54, 1.807) is 30.4 Å². The first-order valence-corrected chi connectivity index (χ1v) is 15.4. The Kier molecular flexibility index (Phi) is 14.0. The van der Waals surface area contributed by atoms with Crippen molar-refractivity contribution >= 4 is 17.3 Å². The fraction of sp³-hybridized carbons (Fsp3) is 0.513. The van der Waals surface area contributed by atoms with Gasteiger partial charge in [-0.15, -0.1) is 0 Å². The van der Waals surface area contributed by atoms with Crippen molar-refractivity contribution in [2.24, 2.45) is 22.2 Å². The Bertz CT molecular complexity index is 1180. The average Bonchev–Trinajstić information content (AvgIpc) is 2.83. The SMILES string of the molecule is C/C=C/C(=O)C1=C(C)C=CCC1(C)C.C/C=C/C(=O)C1=C(C)C=CCC1(C)C.C/C=C/C(=O)C1CCC(C)(C)C=C1C. The first-order valence-electron chi connectivity index (χ1n) is 15.4. The minimum Gasteiger partial charge on any atom is -0.294 e. The van der Waals surface area contributed by atoms with Gasteiger partial charge in [-0.05, 0) is 113 Å². The lowest BCUT2D eigenvalue weighted by atomic mass is 9.74. The Balaban J connectivity index is 0.000000315. The van der Waals surface area contributed by atoms with Gasteiger partial charge in [0.1, 0.15) is 0 Å². The molecule has 0 bridgehead atoms. The molecule has 0 N–H and O–H groups in total. The van der Waals surface area contributed by atoms with Gasteiger partial charge in [0.25, 0.3) is 0 Å². The fourth-order valence-corrected chi connectivity index (χ4v) is 6.20. The molecule has 1 atom stereocenters. The predicted octanol–water partition coefficient (Wildman–Crippen LogP) is 10.4. The van der Waals surface area contributed by atoms with Crippen LogP contribution in [0.5, 0.6) is 0 Å². The Morgan fingerprint density at radius 3 is 1.43 bits per heavy atom. The van der Waals surface area contributed by atoms with Crippen molar-refractivity contribution in [3.63, 3.8) is 0 Å². The van der Waals surface area contributed by atoms with Crippen LogP contribution in [0.4, 0.5) is 0 Å². The first-order chi connectivity index (χ1) is 19.4. The number of allylic oxidation sites excluding steroid dienone is 16. The Morgan fingerprint density at radius 1 is 0.690 bits per heavy atom. The third-order valence-electron chi connectivity index (χ3n) is 8.18. The summed E-state index contributed by atoms with van der Waals surface area (Å²) in [6, 6.07) is 0. The van der Waals surface area contributed by atoms with Crippen LogP contribution in [0.25, 0.3) is 0 Å². The van der Waals surface area contributed by atoms with Gasteiger partial charge in [-0.25, -0.2) is 0 Å². The van der Waals surface area contributed by atoms with Gasteiger partial charge >= 0.3 is 0 Å². The summed E-state index contributed by atoms with van der Waals surface area (Å²) in [6.07, 6.45) is 25.1. The van der Waals surface area contributed by atoms with Crippen LogP contribution in [-0.2, 0) is 14.4 Å². The number of ketones is 3. The molecule has 0 spiro atoms. The van der Waals surface area contributed by atoms with E-state index in [0.717, 1.165) is 48.0 Å². The van der Waals surface area contributed by atoms with E-state index in [4.69, 9.17) is 0 Å². The van der Waals surface area contributed by atoms with Crippen LogP contribution in [-0.4, -0.2) is 17.3 Å². The molecule has 0 heterocycles. The number of rotatable bonds is 6. The molecule has 3 nitrogen and oxygen atoms in total. The van der Waals surface area contributed by atoms with Crippen molar-refractivity contribution in [3.05, 3.63) is 94.7 Å². The molecule has 0 saturated heterocycles. The average molecular weight is 573 g/mol. The molecule has 0 saturated carbocycles. The smallest absolute Gasteiger partial charge is 0.182 e. The van der Waals surface area contributed by atoms with E-state index in [1.807, 2.05) is 52.8 Å². The highest BCUT2D eigenvalue weighted by molar-refractivity contribution is 6.06. The highest BCUT2D eigenvalue weighted by atomic mass is 16.1. The molecule has 0 aromatic carbocycles. The van der Waals surface area contributed by atoms with Crippen LogP contribution in [0.3, 0.4) is 0 Å². The molecule has 1 unspecified atom stereocenters. The lowest BCUT2D eigenvalue weighted by Crippen LogP contribution is -2.23. The normalized spacial score (nSPS) is 22.5. The van der Waals surface area contributed by atoms with E-state index >= 15 is 0 Å². The second kappa shape index (κ2) is 16.0. The topological polar surface area (TPSA) is 51.2 Å². The van der Waals surface area contributed by atoms with Gasteiger partial charge in [0, 0.05) is 17.1 Å². The van der Waals surface area contributed by atoms with Crippen molar-refractivity contribution < 1.29 is 14.4 Å². The molecular formula is C39H56O3. The largest absolute Gasteiger partial charge is 0.294 e. The van der Waals surface area contributed by atoms with E-state index in [9.17, 15) is 14.4 Å². The van der Waals surface area contributed by atoms with Crippen LogP contribution in [0.15, 0.2) is 94.7 Å². The van der Waals surface area contributed by atoms with E-state index < -0.39 is 0 Å². The van der Waals surface area contributed by atoms with Gasteiger partial charge in [-0.2, -0.15) is 0 Å². The van der Waals surface area contributed by atoms with E-state index in [-0.39, 0.29) is 39.5 Å². The van der Waals surface area contributed by atoms with Crippen molar-refractivity contribution in [1.82, 2.24) is 0 Å². The molecule has 0 aliphatic heterocycles. The summed E-state index contributed by atoms with van der Waals surface area (Å²) < 4.78 is 0. The maximum Gasteiger partial charge on any atom is 0.182 e. The molecular weight excluding hydrogens is 516 g/mol. The fourth-order valence-electron chi connectivity index (χ4n) is 6.20. The maximum atomic E-state index is 11.8. The monoisotopic (exact) mass is 572 g/mol. The highest BCUT2D eigenvalue weighted by Gasteiger charge is 2.31. The first kappa shape index (κ1) is 37.0. The summed E-state index contributed by atoms with van der Waals surface area (Å²) in [7, 11) is 0. The number of carbonyl (C=O) groups excluding carboxylic acids is 3. The summed E-state index contributed by atoms with van der Waals surface area (Å²) >= 11 is 0. The molecule has 3 aliphatic carbocycles. The molecule has 0 fully saturated rings. The van der Waals surface area contributed by atoms with Gasteiger partial charge < -0.3 is 0 Å². The number of carbonyl (C=O) groups is 3. The number of hydrogen-bond acceptors (Lipinski definition) is 3. The second-order valence-corrected chi connectivity index (χ2v) is 13.7. The Labute approximate surface area is 257 Å². The van der Waals surface area contributed by atoms with Crippen molar-refractivity contribution in [1.29, 1.82) is 0 Å². The van der Waals surface area contributed by atoms with E-state index in [1.165, 1.54) is 5.57 Å². The minimum absolute atomic E-state index is 0.0184. The van der Waals surface area contributed by atoms with Gasteiger partial charge in [0.05, 0.1) is 0 Å². The third kappa shape index (κ3) is 10.6. The van der Waals surface area contributed by atoms with Crippen molar-refractivity contribution in [2.75, 3.05) is 0 Å². The summed E-state index contributed by atoms with van der Waals surface area (Å²) in [4.78, 5) is 35.4. The zero-order chi connectivity index (χ0) is 32.3. The van der Waals surface area contributed by atoms with E-state index in [2.05, 4.69) is 66.7 Å². The third-order valence-corrected chi connectivity index (χ3v) is 8.18. The molecule has 0 amide bonds. The van der Waals surface area contributed by atoms with Crippen LogP contribution in [0.2, 0.25) is 0 Å². The van der Waals surface area contributed by atoms with Crippen LogP contribution >= 0.6 is 0 Å². The second-order valence-electron chi connectivity index (χ2n) is 13.7. The zero-order valence-corrected chi connectivity index (χ0v) is 28.5. The van der Waals surface area contributed by atoms with Gasteiger partial charge in [-0.3, -0.25) is 14.4 Å². The highest BCUT2D eigenvalue weighted by Crippen LogP contribution is 2.39. The van der Waals surface area contributed by atoms with Crippen LogP contribution in [0, 0.1) is 22.2 Å². The summed E-state index contributed by atoms with van der Waals surface area (Å²) in [5.74, 6) is 0.703. The molecule has 3 heteroatoms. The molecule has 3 aliphatic rings. The summed E-state index contributed by atoms with van der Waals surface area (Å²) in [6.45, 7) is 24.7. The van der Waals surface area contributed by atoms with Gasteiger partial charge in [0.2, 0.25) is 0 Å². The van der Waals surface area contributed by atoms with Crippen LogP contribution in [0.1, 0.15) is 109 Å². The quantitative estimate of drug-likeness (QED) is 0.235. The molecule has 3 rings (SSSR count). The molecule has 0 radical (unpaired) electrons. The minimum atomic E-state index is -0.0184. The van der Waals surface area contributed by atoms with Crippen molar-refractivity contribution in [3.8, 4) is 0 Å². The van der Waals surface area contributed by atoms with Gasteiger partial charge in [-0.1, -0.05) is 95.7 Å². The Morgan fingerprint density at radius 2 is 1.10 bits per heavy atom. The summed E-state index contributed by atoms with van der Waals surface area (Å²) in [5.41, 5.74) is 5.59. The standard InChI is InChI=1S/2C13H18O.C13H20O/c2*1-5-7-11(14)12-10(2)8-6-9-13(12,3)4;1-5-6-12(14)11-7-8-13(3,4)9-10(11)2/h2*5-8H,9H2,1-4H3;5-6,9,11H,7-8H2,1-4H3/b2*7-5+;6-5+. The summed E-state index contributed by atoms with van der Waals surface area (Å²) in [5, 5.41) is 0. The van der Waals surface area contributed by atoms with Crippen molar-refractivity contribution in [2.45, 2.75) is 109 Å². The maximum absolute atomic E-state index is 11.8. The number of hydrogen-bond donors (Lipinski definition) is 0. The van der Waals surface area contributed by atoms with E-state index in [0.29, 0.717) is 0 Å². The molecule has 0 aromatic rings. The molecule has 0 aromatic heterocycles. The predicted molar refractivity (Wildman–Crippen MR) is 180 cm³/mol. The van der Waals surface area contributed by atoms with Gasteiger partial charge in [0.15, 0.2) is 17.3 Å². The lowest BCUT2D eigenvalue weighted by Gasteiger charge is -2.30. The zero-order valence-electron chi connectivity index (χ0n) is 28.5. The molecule has 42 heavy (non-hydrogen) atoms. The van der Waals surface area contributed by atoms with Crippen LogP contribution < -0.4 is 0 Å². The molecule has 230 valence electrons. The Hall–Kier alpha value is -3.07.